The number of benzene rings is 2. The number of para-hydroxylation sites is 1. The number of alkyl halides is 3. The molecule has 1 aliphatic heterocycles. The van der Waals surface area contributed by atoms with E-state index in [1.807, 2.05) is 0 Å². The van der Waals surface area contributed by atoms with Gasteiger partial charge in [0, 0.05) is 24.7 Å². The zero-order valence-corrected chi connectivity index (χ0v) is 18.5. The number of anilines is 2. The van der Waals surface area contributed by atoms with Gasteiger partial charge in [0.25, 0.3) is 5.91 Å². The van der Waals surface area contributed by atoms with Crippen molar-refractivity contribution < 1.29 is 27.6 Å². The monoisotopic (exact) mass is 473 g/mol. The molecule has 0 spiro atoms. The summed E-state index contributed by atoms with van der Waals surface area (Å²) in [5, 5.41) is 5.77. The second kappa shape index (κ2) is 9.87. The zero-order chi connectivity index (χ0) is 24.3. The molecule has 1 heterocycles. The molecular formula is C25H26F3N3O3. The van der Waals surface area contributed by atoms with Crippen molar-refractivity contribution in [3.8, 4) is 0 Å². The van der Waals surface area contributed by atoms with Gasteiger partial charge >= 0.3 is 6.18 Å². The van der Waals surface area contributed by atoms with E-state index in [-0.39, 0.29) is 30.6 Å². The largest absolute Gasteiger partial charge is 0.416 e. The van der Waals surface area contributed by atoms with Crippen LogP contribution < -0.4 is 15.5 Å². The van der Waals surface area contributed by atoms with E-state index in [1.165, 1.54) is 17.0 Å². The van der Waals surface area contributed by atoms with Crippen molar-refractivity contribution in [1.82, 2.24) is 5.32 Å². The van der Waals surface area contributed by atoms with Crippen molar-refractivity contribution in [2.45, 2.75) is 50.7 Å². The quantitative estimate of drug-likeness (QED) is 0.657. The molecule has 1 aliphatic carbocycles. The van der Waals surface area contributed by atoms with Crippen LogP contribution in [0.25, 0.3) is 0 Å². The Kier molecular flexibility index (Phi) is 6.90. The van der Waals surface area contributed by atoms with Crippen molar-refractivity contribution in [2.24, 2.45) is 5.92 Å². The molecule has 0 unspecified atom stereocenters. The Morgan fingerprint density at radius 3 is 2.44 bits per heavy atom. The van der Waals surface area contributed by atoms with Crippen LogP contribution in [0, 0.1) is 5.92 Å². The van der Waals surface area contributed by atoms with Crippen molar-refractivity contribution in [3.63, 3.8) is 0 Å². The molecule has 2 fully saturated rings. The normalized spacial score (nSPS) is 19.2. The smallest absolute Gasteiger partial charge is 0.349 e. The molecule has 3 amide bonds. The number of nitrogens with one attached hydrogen (secondary N) is 2. The molecule has 180 valence electrons. The van der Waals surface area contributed by atoms with Gasteiger partial charge in [-0.15, -0.1) is 0 Å². The van der Waals surface area contributed by atoms with Gasteiger partial charge in [-0.05, 0) is 43.2 Å². The molecule has 2 aliphatic rings. The van der Waals surface area contributed by atoms with Crippen LogP contribution in [0.1, 0.15) is 54.4 Å². The van der Waals surface area contributed by atoms with Crippen LogP contribution in [-0.4, -0.2) is 30.3 Å². The van der Waals surface area contributed by atoms with Crippen LogP contribution in [0.2, 0.25) is 0 Å². The number of hydrogen-bond donors (Lipinski definition) is 2. The molecule has 0 radical (unpaired) electrons. The Morgan fingerprint density at radius 2 is 1.71 bits per heavy atom. The third-order valence-electron chi connectivity index (χ3n) is 6.35. The summed E-state index contributed by atoms with van der Waals surface area (Å²) in [6.45, 7) is -0.0393. The van der Waals surface area contributed by atoms with Gasteiger partial charge in [-0.3, -0.25) is 14.4 Å². The maximum Gasteiger partial charge on any atom is 0.416 e. The first-order valence-corrected chi connectivity index (χ1v) is 11.4. The lowest BCUT2D eigenvalue weighted by Gasteiger charge is -2.23. The van der Waals surface area contributed by atoms with Crippen LogP contribution in [0.5, 0.6) is 0 Å². The number of carbonyl (C=O) groups excluding carboxylic acids is 3. The number of hydrogen-bond acceptors (Lipinski definition) is 3. The van der Waals surface area contributed by atoms with Gasteiger partial charge in [0.1, 0.15) is 0 Å². The Labute approximate surface area is 195 Å². The maximum absolute atomic E-state index is 13.1. The second-order valence-electron chi connectivity index (χ2n) is 8.80. The van der Waals surface area contributed by atoms with E-state index in [9.17, 15) is 27.6 Å². The Hall–Kier alpha value is -3.36. The van der Waals surface area contributed by atoms with Crippen LogP contribution in [0.4, 0.5) is 24.5 Å². The molecule has 1 saturated carbocycles. The van der Waals surface area contributed by atoms with E-state index in [4.69, 9.17) is 0 Å². The topological polar surface area (TPSA) is 78.5 Å². The minimum absolute atomic E-state index is 0.0393. The molecule has 2 aromatic carbocycles. The van der Waals surface area contributed by atoms with E-state index in [1.54, 1.807) is 24.3 Å². The number of rotatable bonds is 5. The SMILES string of the molecule is O=C(NC1CCCCC1)c1ccccc1NC(=O)[C@H]1CC(=O)N(c2cccc(C(F)(F)F)c2)C1. The lowest BCUT2D eigenvalue weighted by Crippen LogP contribution is -2.36. The van der Waals surface area contributed by atoms with Crippen LogP contribution >= 0.6 is 0 Å². The molecule has 1 saturated heterocycles. The fourth-order valence-electron chi connectivity index (χ4n) is 4.52. The van der Waals surface area contributed by atoms with Crippen molar-refractivity contribution in [1.29, 1.82) is 0 Å². The van der Waals surface area contributed by atoms with Crippen molar-refractivity contribution in [2.75, 3.05) is 16.8 Å². The van der Waals surface area contributed by atoms with E-state index < -0.39 is 29.5 Å². The third kappa shape index (κ3) is 5.40. The van der Waals surface area contributed by atoms with Crippen molar-refractivity contribution in [3.05, 3.63) is 59.7 Å². The van der Waals surface area contributed by atoms with Crippen LogP contribution in [0.15, 0.2) is 48.5 Å². The van der Waals surface area contributed by atoms with Gasteiger partial charge < -0.3 is 15.5 Å². The molecule has 2 aromatic rings. The van der Waals surface area contributed by atoms with E-state index in [2.05, 4.69) is 10.6 Å². The molecule has 0 bridgehead atoms. The van der Waals surface area contributed by atoms with Gasteiger partial charge in [-0.25, -0.2) is 0 Å². The van der Waals surface area contributed by atoms with Gasteiger partial charge in [0.05, 0.1) is 22.7 Å². The fraction of sp³-hybridized carbons (Fsp3) is 0.400. The molecule has 9 heteroatoms. The summed E-state index contributed by atoms with van der Waals surface area (Å²) in [6, 6.07) is 11.3. The van der Waals surface area contributed by atoms with Crippen LogP contribution in [-0.2, 0) is 15.8 Å². The lowest BCUT2D eigenvalue weighted by molar-refractivity contribution is -0.137. The third-order valence-corrected chi connectivity index (χ3v) is 6.35. The highest BCUT2D eigenvalue weighted by Gasteiger charge is 2.37. The minimum atomic E-state index is -4.53. The Morgan fingerprint density at radius 1 is 0.971 bits per heavy atom. The lowest BCUT2D eigenvalue weighted by atomic mass is 9.95. The minimum Gasteiger partial charge on any atom is -0.349 e. The Bertz CT molecular complexity index is 1080. The van der Waals surface area contributed by atoms with E-state index >= 15 is 0 Å². The van der Waals surface area contributed by atoms with E-state index in [0.29, 0.717) is 11.3 Å². The number of amides is 3. The highest BCUT2D eigenvalue weighted by atomic mass is 19.4. The van der Waals surface area contributed by atoms with Gasteiger partial charge in [0.15, 0.2) is 0 Å². The zero-order valence-electron chi connectivity index (χ0n) is 18.5. The summed E-state index contributed by atoms with van der Waals surface area (Å²) >= 11 is 0. The first kappa shape index (κ1) is 23.8. The second-order valence-corrected chi connectivity index (χ2v) is 8.80. The highest BCUT2D eigenvalue weighted by molar-refractivity contribution is 6.07. The van der Waals surface area contributed by atoms with E-state index in [0.717, 1.165) is 44.2 Å². The average Bonchev–Trinajstić information content (AvgIpc) is 3.21. The molecule has 2 N–H and O–H groups in total. The molecule has 1 atom stereocenters. The van der Waals surface area contributed by atoms with Gasteiger partial charge in [-0.2, -0.15) is 13.2 Å². The number of halogens is 3. The number of carbonyl (C=O) groups is 3. The molecule has 0 aromatic heterocycles. The average molecular weight is 473 g/mol. The Balaban J connectivity index is 1.44. The van der Waals surface area contributed by atoms with Crippen LogP contribution in [0.3, 0.4) is 0 Å². The maximum atomic E-state index is 13.1. The fourth-order valence-corrected chi connectivity index (χ4v) is 4.52. The first-order valence-electron chi connectivity index (χ1n) is 11.4. The molecular weight excluding hydrogens is 447 g/mol. The summed E-state index contributed by atoms with van der Waals surface area (Å²) in [7, 11) is 0. The summed E-state index contributed by atoms with van der Waals surface area (Å²) in [5.74, 6) is -1.91. The standard InChI is InChI=1S/C25H26F3N3O3/c26-25(27,28)17-7-6-10-19(14-17)31-15-16(13-22(31)32)23(33)30-21-12-5-4-11-20(21)24(34)29-18-8-2-1-3-9-18/h4-7,10-12,14,16,18H,1-3,8-9,13,15H2,(H,29,34)(H,30,33)/t16-/m0/s1. The highest BCUT2D eigenvalue weighted by Crippen LogP contribution is 2.33. The van der Waals surface area contributed by atoms with Gasteiger partial charge in [0.2, 0.25) is 11.8 Å². The predicted molar refractivity (Wildman–Crippen MR) is 121 cm³/mol. The van der Waals surface area contributed by atoms with Gasteiger partial charge in [-0.1, -0.05) is 37.5 Å². The molecule has 4 rings (SSSR count). The molecule has 34 heavy (non-hydrogen) atoms. The summed E-state index contributed by atoms with van der Waals surface area (Å²) < 4.78 is 39.2. The summed E-state index contributed by atoms with van der Waals surface area (Å²) in [4.78, 5) is 39.4. The van der Waals surface area contributed by atoms with Crippen molar-refractivity contribution >= 4 is 29.1 Å². The summed E-state index contributed by atoms with van der Waals surface area (Å²) in [5.41, 5.74) is -0.0859. The first-order chi connectivity index (χ1) is 16.2. The predicted octanol–water partition coefficient (Wildman–Crippen LogP) is 4.76. The number of nitrogens with zero attached hydrogens (tertiary/aromatic N) is 1. The summed E-state index contributed by atoms with van der Waals surface area (Å²) in [6.07, 6.45) is 0.501. The molecule has 6 nitrogen and oxygen atoms in total.